The average Bonchev–Trinajstić information content (AvgIpc) is 2.90. The van der Waals surface area contributed by atoms with Crippen molar-refractivity contribution < 1.29 is 0 Å². The van der Waals surface area contributed by atoms with Crippen LogP contribution >= 0.6 is 23.1 Å². The Bertz CT molecular complexity index is 739. The molecule has 0 unspecified atom stereocenters. The van der Waals surface area contributed by atoms with E-state index in [0.717, 1.165) is 35.4 Å². The zero-order chi connectivity index (χ0) is 15.5. The number of hydrogen-bond donors (Lipinski definition) is 0. The fraction of sp³-hybridized carbons (Fsp3) is 0.429. The Hall–Kier alpha value is -1.85. The number of nitrogens with zero attached hydrogens (tertiary/aromatic N) is 6. The van der Waals surface area contributed by atoms with E-state index in [-0.39, 0.29) is 0 Å². The van der Waals surface area contributed by atoms with Crippen LogP contribution in [-0.2, 0) is 0 Å². The number of aromatic nitrogens is 2. The number of hydrogen-bond acceptors (Lipinski definition) is 6. The number of aliphatic imine (C=N–C) groups is 1. The Balaban J connectivity index is 2.09. The number of nitriles is 1. The van der Waals surface area contributed by atoms with Crippen molar-refractivity contribution in [3.05, 3.63) is 17.3 Å². The summed E-state index contributed by atoms with van der Waals surface area (Å²) in [5, 5.41) is 9.39. The Morgan fingerprint density at radius 1 is 1.32 bits per heavy atom. The molecule has 0 atom stereocenters. The third kappa shape index (κ3) is 2.87. The molecule has 2 aromatic rings. The van der Waals surface area contributed by atoms with Gasteiger partial charge in [-0.2, -0.15) is 17.0 Å². The van der Waals surface area contributed by atoms with Gasteiger partial charge in [-0.25, -0.2) is 15.0 Å². The van der Waals surface area contributed by atoms with Gasteiger partial charge in [-0.15, -0.1) is 11.3 Å². The molecule has 3 rings (SSSR count). The van der Waals surface area contributed by atoms with Crippen LogP contribution in [0.3, 0.4) is 0 Å². The molecule has 1 aliphatic rings. The van der Waals surface area contributed by atoms with E-state index < -0.39 is 0 Å². The van der Waals surface area contributed by atoms with Crippen LogP contribution in [0.5, 0.6) is 0 Å². The molecule has 3 heterocycles. The predicted molar refractivity (Wildman–Crippen MR) is 91.8 cm³/mol. The Kier molecular flexibility index (Phi) is 4.45. The average molecular weight is 332 g/mol. The Morgan fingerprint density at radius 2 is 2.05 bits per heavy atom. The first-order chi connectivity index (χ1) is 10.7. The highest BCUT2D eigenvalue weighted by molar-refractivity contribution is 7.99. The second-order valence-corrected chi connectivity index (χ2v) is 7.23. The van der Waals surface area contributed by atoms with Crippen molar-refractivity contribution in [2.75, 3.05) is 38.7 Å². The van der Waals surface area contributed by atoms with Gasteiger partial charge in [0.05, 0.1) is 0 Å². The molecule has 0 bridgehead atoms. The molecule has 22 heavy (non-hydrogen) atoms. The largest absolute Gasteiger partial charge is 0.349 e. The van der Waals surface area contributed by atoms with E-state index in [0.29, 0.717) is 16.1 Å². The minimum atomic E-state index is 0.562. The molecule has 114 valence electrons. The second-order valence-electron chi connectivity index (χ2n) is 5.01. The molecule has 1 aliphatic heterocycles. The van der Waals surface area contributed by atoms with Gasteiger partial charge in [0.1, 0.15) is 27.0 Å². The van der Waals surface area contributed by atoms with E-state index in [1.54, 1.807) is 12.4 Å². The van der Waals surface area contributed by atoms with Gasteiger partial charge in [0.2, 0.25) is 5.96 Å². The third-order valence-corrected chi connectivity index (χ3v) is 5.23. The summed E-state index contributed by atoms with van der Waals surface area (Å²) >= 11 is 3.30. The summed E-state index contributed by atoms with van der Waals surface area (Å²) in [5.74, 6) is 3.08. The van der Waals surface area contributed by atoms with Crippen molar-refractivity contribution in [3.63, 3.8) is 0 Å². The van der Waals surface area contributed by atoms with Crippen molar-refractivity contribution in [2.24, 2.45) is 4.99 Å². The highest BCUT2D eigenvalue weighted by Crippen LogP contribution is 2.35. The van der Waals surface area contributed by atoms with Gasteiger partial charge in [0, 0.05) is 51.1 Å². The molecule has 1 saturated heterocycles. The van der Waals surface area contributed by atoms with E-state index in [1.807, 2.05) is 30.8 Å². The quantitative estimate of drug-likeness (QED) is 0.589. The number of guanidine groups is 1. The molecule has 0 saturated carbocycles. The first-order valence-corrected chi connectivity index (χ1v) is 8.90. The minimum Gasteiger partial charge on any atom is -0.349 e. The monoisotopic (exact) mass is 332 g/mol. The third-order valence-electron chi connectivity index (χ3n) is 3.31. The predicted octanol–water partition coefficient (Wildman–Crippen LogP) is 2.16. The van der Waals surface area contributed by atoms with Crippen molar-refractivity contribution in [1.82, 2.24) is 19.8 Å². The number of thioether (sulfide) groups is 1. The highest BCUT2D eigenvalue weighted by atomic mass is 32.2. The molecule has 0 spiro atoms. The van der Waals surface area contributed by atoms with Gasteiger partial charge < -0.3 is 9.80 Å². The normalized spacial score (nSPS) is 15.9. The van der Waals surface area contributed by atoms with E-state index in [9.17, 15) is 5.26 Å². The topological polar surface area (TPSA) is 68.4 Å². The van der Waals surface area contributed by atoms with Crippen molar-refractivity contribution >= 4 is 45.1 Å². The maximum absolute atomic E-state index is 9.39. The summed E-state index contributed by atoms with van der Waals surface area (Å²) in [5.41, 5.74) is 1.34. The lowest BCUT2D eigenvalue weighted by Gasteiger charge is -2.32. The zero-order valence-electron chi connectivity index (χ0n) is 12.5. The van der Waals surface area contributed by atoms with Gasteiger partial charge in [-0.1, -0.05) is 0 Å². The van der Waals surface area contributed by atoms with Crippen LogP contribution in [0.4, 0.5) is 5.69 Å². The molecule has 6 nitrogen and oxygen atoms in total. The molecule has 0 radical (unpaired) electrons. The smallest absolute Gasteiger partial charge is 0.201 e. The van der Waals surface area contributed by atoms with Gasteiger partial charge >= 0.3 is 0 Å². The van der Waals surface area contributed by atoms with Gasteiger partial charge in [-0.05, 0) is 0 Å². The summed E-state index contributed by atoms with van der Waals surface area (Å²) < 4.78 is 0. The van der Waals surface area contributed by atoms with Gasteiger partial charge in [0.15, 0.2) is 0 Å². The first-order valence-electron chi connectivity index (χ1n) is 6.93. The zero-order valence-corrected chi connectivity index (χ0v) is 14.1. The summed E-state index contributed by atoms with van der Waals surface area (Å²) in [6.45, 7) is 1.94. The summed E-state index contributed by atoms with van der Waals surface area (Å²) in [6, 6.07) is 2.22. The van der Waals surface area contributed by atoms with Gasteiger partial charge in [-0.3, -0.25) is 0 Å². The maximum Gasteiger partial charge on any atom is 0.201 e. The molecule has 0 N–H and O–H groups in total. The SMILES string of the molecule is CN(C)C(=Nc1c(C#N)sc2nccnc12)N1CCSCC1. The lowest BCUT2D eigenvalue weighted by atomic mass is 10.3. The Labute approximate surface area is 137 Å². The molecule has 8 heteroatoms. The van der Waals surface area contributed by atoms with Crippen molar-refractivity contribution in [3.8, 4) is 6.07 Å². The van der Waals surface area contributed by atoms with Crippen molar-refractivity contribution in [1.29, 1.82) is 5.26 Å². The highest BCUT2D eigenvalue weighted by Gasteiger charge is 2.20. The summed E-state index contributed by atoms with van der Waals surface area (Å²) in [7, 11) is 3.96. The maximum atomic E-state index is 9.39. The van der Waals surface area contributed by atoms with Crippen LogP contribution in [-0.4, -0.2) is 64.4 Å². The Morgan fingerprint density at radius 3 is 2.73 bits per heavy atom. The van der Waals surface area contributed by atoms with Crippen LogP contribution < -0.4 is 0 Å². The summed E-state index contributed by atoms with van der Waals surface area (Å²) in [4.78, 5) is 19.0. The van der Waals surface area contributed by atoms with Crippen LogP contribution in [0.2, 0.25) is 0 Å². The van der Waals surface area contributed by atoms with E-state index in [2.05, 4.69) is 20.9 Å². The molecular formula is C14H16N6S2. The van der Waals surface area contributed by atoms with Crippen LogP contribution in [0.1, 0.15) is 4.88 Å². The van der Waals surface area contributed by atoms with Crippen LogP contribution in [0, 0.1) is 11.3 Å². The molecular weight excluding hydrogens is 316 g/mol. The number of thiophene rings is 1. The van der Waals surface area contributed by atoms with E-state index in [4.69, 9.17) is 4.99 Å². The van der Waals surface area contributed by atoms with Crippen LogP contribution in [0.25, 0.3) is 10.3 Å². The molecule has 0 amide bonds. The second kappa shape index (κ2) is 6.50. The van der Waals surface area contributed by atoms with Gasteiger partial charge in [0.25, 0.3) is 0 Å². The van der Waals surface area contributed by atoms with Crippen LogP contribution in [0.15, 0.2) is 17.4 Å². The number of fused-ring (bicyclic) bond motifs is 1. The first kappa shape index (κ1) is 15.1. The molecule has 0 aliphatic carbocycles. The fourth-order valence-electron chi connectivity index (χ4n) is 2.31. The molecule has 2 aromatic heterocycles. The van der Waals surface area contributed by atoms with Crippen molar-refractivity contribution in [2.45, 2.75) is 0 Å². The molecule has 0 aromatic carbocycles. The van der Waals surface area contributed by atoms with E-state index in [1.165, 1.54) is 11.3 Å². The summed E-state index contributed by atoms with van der Waals surface area (Å²) in [6.07, 6.45) is 3.28. The number of rotatable bonds is 1. The standard InChI is InChI=1S/C14H16N6S2/c1-19(2)14(20-5-7-21-8-6-20)18-11-10(9-15)22-13-12(11)16-3-4-17-13/h3-4H,5-8H2,1-2H3. The minimum absolute atomic E-state index is 0.562. The molecule has 1 fully saturated rings. The lowest BCUT2D eigenvalue weighted by Crippen LogP contribution is -2.44. The lowest BCUT2D eigenvalue weighted by molar-refractivity contribution is 0.396. The fourth-order valence-corrected chi connectivity index (χ4v) is 4.05. The van der Waals surface area contributed by atoms with E-state index >= 15 is 0 Å².